The first kappa shape index (κ1) is 18.0. The lowest BCUT2D eigenvalue weighted by Crippen LogP contribution is -2.26. The molecule has 0 aliphatic heterocycles. The van der Waals surface area contributed by atoms with Crippen molar-refractivity contribution in [1.82, 2.24) is 10.3 Å². The van der Waals surface area contributed by atoms with Crippen molar-refractivity contribution in [3.63, 3.8) is 0 Å². The Morgan fingerprint density at radius 2 is 2.12 bits per heavy atom. The van der Waals surface area contributed by atoms with Crippen LogP contribution >= 0.6 is 0 Å². The Balaban J connectivity index is 1.94. The molecule has 24 heavy (non-hydrogen) atoms. The summed E-state index contributed by atoms with van der Waals surface area (Å²) >= 11 is 0. The lowest BCUT2D eigenvalue weighted by molar-refractivity contribution is -0.120. The molecule has 2 aromatic rings. The lowest BCUT2D eigenvalue weighted by atomic mass is 10.2. The molecule has 0 radical (unpaired) electrons. The molecule has 0 saturated heterocycles. The summed E-state index contributed by atoms with van der Waals surface area (Å²) in [7, 11) is 3.29. The molecule has 0 unspecified atom stereocenters. The molecule has 0 aliphatic rings. The molecule has 1 aromatic heterocycles. The highest BCUT2D eigenvalue weighted by molar-refractivity contribution is 5.78. The zero-order valence-corrected chi connectivity index (χ0v) is 14.4. The fraction of sp³-hybridized carbons (Fsp3) is 0.444. The monoisotopic (exact) mass is 332 g/mol. The number of oxazole rings is 1. The van der Waals surface area contributed by atoms with Crippen LogP contribution in [0.4, 0.5) is 0 Å². The number of carbonyl (C=O) groups excluding carboxylic acids is 1. The second-order valence-corrected chi connectivity index (χ2v) is 5.48. The first-order valence-corrected chi connectivity index (χ1v) is 8.00. The van der Waals surface area contributed by atoms with Crippen molar-refractivity contribution in [2.24, 2.45) is 0 Å². The van der Waals surface area contributed by atoms with E-state index in [9.17, 15) is 4.79 Å². The van der Waals surface area contributed by atoms with Crippen LogP contribution in [0.5, 0.6) is 5.75 Å². The van der Waals surface area contributed by atoms with Gasteiger partial charge in [-0.3, -0.25) is 4.79 Å². The molecule has 6 nitrogen and oxygen atoms in total. The summed E-state index contributed by atoms with van der Waals surface area (Å²) in [5, 5.41) is 2.89. The summed E-state index contributed by atoms with van der Waals surface area (Å²) in [6, 6.07) is 7.48. The normalized spacial score (nSPS) is 10.6. The maximum atomic E-state index is 12.0. The molecule has 0 spiro atoms. The van der Waals surface area contributed by atoms with Gasteiger partial charge in [0.15, 0.2) is 0 Å². The SMILES string of the molecule is COCCCCNC(=O)Cc1nc(-c2cccc(OC)c2)oc1C. The number of hydrogen-bond acceptors (Lipinski definition) is 5. The van der Waals surface area contributed by atoms with Gasteiger partial charge in [0.05, 0.1) is 19.2 Å². The average molecular weight is 332 g/mol. The Kier molecular flexibility index (Phi) is 6.81. The van der Waals surface area contributed by atoms with Crippen LogP contribution in [0.25, 0.3) is 11.5 Å². The largest absolute Gasteiger partial charge is 0.497 e. The Labute approximate surface area is 142 Å². The summed E-state index contributed by atoms with van der Waals surface area (Å²) < 4.78 is 15.9. The third-order valence-corrected chi connectivity index (χ3v) is 3.63. The number of methoxy groups -OCH3 is 2. The molecule has 0 bridgehead atoms. The number of rotatable bonds is 9. The molecule has 0 atom stereocenters. The number of aryl methyl sites for hydroxylation is 1. The molecule has 0 aliphatic carbocycles. The van der Waals surface area contributed by atoms with Crippen molar-refractivity contribution in [3.8, 4) is 17.2 Å². The van der Waals surface area contributed by atoms with Crippen LogP contribution in [0.3, 0.4) is 0 Å². The second kappa shape index (κ2) is 9.08. The number of benzene rings is 1. The summed E-state index contributed by atoms with van der Waals surface area (Å²) in [4.78, 5) is 16.4. The first-order chi connectivity index (χ1) is 11.6. The van der Waals surface area contributed by atoms with Gasteiger partial charge >= 0.3 is 0 Å². The minimum absolute atomic E-state index is 0.0546. The van der Waals surface area contributed by atoms with Gasteiger partial charge in [-0.05, 0) is 38.0 Å². The molecule has 1 amide bonds. The van der Waals surface area contributed by atoms with Gasteiger partial charge in [0.1, 0.15) is 11.5 Å². The Morgan fingerprint density at radius 3 is 2.88 bits per heavy atom. The van der Waals surface area contributed by atoms with E-state index >= 15 is 0 Å². The minimum atomic E-state index is -0.0546. The predicted octanol–water partition coefficient (Wildman–Crippen LogP) is 2.74. The van der Waals surface area contributed by atoms with Crippen LogP contribution in [0.15, 0.2) is 28.7 Å². The Hall–Kier alpha value is -2.34. The summed E-state index contributed by atoms with van der Waals surface area (Å²) in [6.45, 7) is 3.17. The fourth-order valence-corrected chi connectivity index (χ4v) is 2.29. The van der Waals surface area contributed by atoms with Crippen LogP contribution in [-0.2, 0) is 16.0 Å². The highest BCUT2D eigenvalue weighted by Gasteiger charge is 2.14. The van der Waals surface area contributed by atoms with Crippen LogP contribution in [-0.4, -0.2) is 38.3 Å². The number of carbonyl (C=O) groups is 1. The van der Waals surface area contributed by atoms with Gasteiger partial charge in [-0.1, -0.05) is 6.07 Å². The predicted molar refractivity (Wildman–Crippen MR) is 91.1 cm³/mol. The van der Waals surface area contributed by atoms with Crippen molar-refractivity contribution in [2.75, 3.05) is 27.4 Å². The molecule has 6 heteroatoms. The van der Waals surface area contributed by atoms with E-state index in [2.05, 4.69) is 10.3 Å². The third kappa shape index (κ3) is 5.09. The maximum Gasteiger partial charge on any atom is 0.226 e. The molecule has 130 valence electrons. The van der Waals surface area contributed by atoms with Crippen molar-refractivity contribution in [1.29, 1.82) is 0 Å². The third-order valence-electron chi connectivity index (χ3n) is 3.63. The maximum absolute atomic E-state index is 12.0. The van der Waals surface area contributed by atoms with Gasteiger partial charge in [0.2, 0.25) is 11.8 Å². The number of amides is 1. The molecule has 2 rings (SSSR count). The number of aromatic nitrogens is 1. The van der Waals surface area contributed by atoms with Gasteiger partial charge in [-0.15, -0.1) is 0 Å². The highest BCUT2D eigenvalue weighted by Crippen LogP contribution is 2.25. The van der Waals surface area contributed by atoms with E-state index in [1.165, 1.54) is 0 Å². The molecular formula is C18H24N2O4. The summed E-state index contributed by atoms with van der Waals surface area (Å²) in [6.07, 6.45) is 2.04. The molecule has 0 fully saturated rings. The number of hydrogen-bond donors (Lipinski definition) is 1. The molecule has 1 N–H and O–H groups in total. The highest BCUT2D eigenvalue weighted by atomic mass is 16.5. The zero-order valence-electron chi connectivity index (χ0n) is 14.4. The summed E-state index contributed by atoms with van der Waals surface area (Å²) in [5.74, 6) is 1.83. The van der Waals surface area contributed by atoms with Crippen molar-refractivity contribution in [3.05, 3.63) is 35.7 Å². The van der Waals surface area contributed by atoms with E-state index in [-0.39, 0.29) is 12.3 Å². The van der Waals surface area contributed by atoms with Gasteiger partial charge in [-0.2, -0.15) is 0 Å². The van der Waals surface area contributed by atoms with Crippen LogP contribution in [0.2, 0.25) is 0 Å². The number of unbranched alkanes of at least 4 members (excludes halogenated alkanes) is 1. The van der Waals surface area contributed by atoms with Gasteiger partial charge < -0.3 is 19.2 Å². The van der Waals surface area contributed by atoms with Gasteiger partial charge in [-0.25, -0.2) is 4.98 Å². The summed E-state index contributed by atoms with van der Waals surface area (Å²) in [5.41, 5.74) is 1.48. The van der Waals surface area contributed by atoms with E-state index in [0.717, 1.165) is 24.2 Å². The minimum Gasteiger partial charge on any atom is -0.497 e. The topological polar surface area (TPSA) is 73.6 Å². The molecule has 0 saturated carbocycles. The molecule has 1 aromatic carbocycles. The Bertz CT molecular complexity index is 667. The number of nitrogens with zero attached hydrogens (tertiary/aromatic N) is 1. The lowest BCUT2D eigenvalue weighted by Gasteiger charge is -2.03. The standard InChI is InChI=1S/C18H24N2O4/c1-13-16(12-17(21)19-9-4-5-10-22-2)20-18(24-13)14-7-6-8-15(11-14)23-3/h6-8,11H,4-5,9-10,12H2,1-3H3,(H,19,21). The average Bonchev–Trinajstić information content (AvgIpc) is 2.95. The van der Waals surface area contributed by atoms with Crippen LogP contribution < -0.4 is 10.1 Å². The van der Waals surface area contributed by atoms with E-state index in [4.69, 9.17) is 13.9 Å². The van der Waals surface area contributed by atoms with Gasteiger partial charge in [0, 0.05) is 25.8 Å². The first-order valence-electron chi connectivity index (χ1n) is 8.00. The van der Waals surface area contributed by atoms with Crippen LogP contribution in [0.1, 0.15) is 24.3 Å². The van der Waals surface area contributed by atoms with E-state index in [0.29, 0.717) is 30.5 Å². The second-order valence-electron chi connectivity index (χ2n) is 5.48. The zero-order chi connectivity index (χ0) is 17.4. The smallest absolute Gasteiger partial charge is 0.226 e. The number of ether oxygens (including phenoxy) is 2. The Morgan fingerprint density at radius 1 is 1.29 bits per heavy atom. The molecule has 1 heterocycles. The van der Waals surface area contributed by atoms with E-state index in [1.807, 2.05) is 31.2 Å². The van der Waals surface area contributed by atoms with Gasteiger partial charge in [0.25, 0.3) is 0 Å². The fourth-order valence-electron chi connectivity index (χ4n) is 2.29. The van der Waals surface area contributed by atoms with Crippen molar-refractivity contribution >= 4 is 5.91 Å². The van der Waals surface area contributed by atoms with E-state index in [1.54, 1.807) is 14.2 Å². The van der Waals surface area contributed by atoms with Crippen LogP contribution in [0, 0.1) is 6.92 Å². The number of nitrogens with one attached hydrogen (secondary N) is 1. The quantitative estimate of drug-likeness (QED) is 0.715. The molecular weight excluding hydrogens is 308 g/mol. The van der Waals surface area contributed by atoms with E-state index < -0.39 is 0 Å². The van der Waals surface area contributed by atoms with Crippen molar-refractivity contribution in [2.45, 2.75) is 26.2 Å². The van der Waals surface area contributed by atoms with Crippen molar-refractivity contribution < 1.29 is 18.7 Å².